The largest absolute Gasteiger partial charge is 0.447 e. The second-order valence-corrected chi connectivity index (χ2v) is 20.9. The minimum atomic E-state index is -0.890. The van der Waals surface area contributed by atoms with Crippen molar-refractivity contribution in [2.24, 2.45) is 23.7 Å². The number of ether oxygens (including phenoxy) is 3. The standard InChI is InChI=1S/C57H86N6O15.C2H4/c1-39(2)31-47(63-54(71)44(34-42-19-13-10-14-20-42)36-46(65)38-61-56(73)78-57(5,6)7)49(66)21-23-51(68)58-25-15-27-75-29-30-76-55(72)60-37-45(64)35-43(33-41-17-11-9-12-18-41)53(70)62-48(32-40(3)4)50(67)22-24-52(69)59-26-16-28-77-74-8;1-2/h9-14,17-20,39-40,43-44,47-48H,15-16,21-38H2,1-8H3,(H,58,68)(H,59,69)(H,60,72)(H,61,73)(H,62,70)(H,63,71);1-2H2. The summed E-state index contributed by atoms with van der Waals surface area (Å²) in [5, 5.41) is 16.0. The Morgan fingerprint density at radius 1 is 0.537 bits per heavy atom. The topological polar surface area (TPSA) is 289 Å². The highest BCUT2D eigenvalue weighted by atomic mass is 17.2. The summed E-state index contributed by atoms with van der Waals surface area (Å²) in [7, 11) is 1.39. The third kappa shape index (κ3) is 34.9. The summed E-state index contributed by atoms with van der Waals surface area (Å²) in [6.45, 7) is 19.0. The normalized spacial score (nSPS) is 12.5. The Morgan fingerprint density at radius 2 is 0.963 bits per heavy atom. The number of hydrogen-bond donors (Lipinski definition) is 6. The fourth-order valence-electron chi connectivity index (χ4n) is 7.92. The van der Waals surface area contributed by atoms with Crippen molar-refractivity contribution in [1.29, 1.82) is 0 Å². The number of benzene rings is 2. The zero-order chi connectivity index (χ0) is 59.9. The number of rotatable bonds is 40. The van der Waals surface area contributed by atoms with Crippen molar-refractivity contribution >= 4 is 58.9 Å². The maximum atomic E-state index is 13.7. The number of nitrogens with one attached hydrogen (secondary N) is 6. The van der Waals surface area contributed by atoms with Crippen LogP contribution in [-0.2, 0) is 75.2 Å². The van der Waals surface area contributed by atoms with Gasteiger partial charge in [-0.1, -0.05) is 88.4 Å². The third-order valence-electron chi connectivity index (χ3n) is 11.7. The summed E-state index contributed by atoms with van der Waals surface area (Å²) < 4.78 is 15.9. The van der Waals surface area contributed by atoms with E-state index in [1.807, 2.05) is 88.4 Å². The van der Waals surface area contributed by atoms with Gasteiger partial charge in [-0.3, -0.25) is 38.4 Å². The molecule has 6 amide bonds. The lowest BCUT2D eigenvalue weighted by molar-refractivity contribution is -0.272. The van der Waals surface area contributed by atoms with Crippen molar-refractivity contribution in [1.82, 2.24) is 31.9 Å². The quantitative estimate of drug-likeness (QED) is 0.0192. The second-order valence-electron chi connectivity index (χ2n) is 20.9. The molecular formula is C59H90N6O15. The molecule has 80 heavy (non-hydrogen) atoms. The van der Waals surface area contributed by atoms with Crippen molar-refractivity contribution < 1.29 is 71.9 Å². The lowest BCUT2D eigenvalue weighted by atomic mass is 9.91. The van der Waals surface area contributed by atoms with Crippen LogP contribution in [-0.4, -0.2) is 136 Å². The van der Waals surface area contributed by atoms with Crippen LogP contribution in [0.25, 0.3) is 0 Å². The van der Waals surface area contributed by atoms with Crippen molar-refractivity contribution in [3.05, 3.63) is 84.9 Å². The number of hydrogen-bond acceptors (Lipinski definition) is 15. The summed E-state index contributed by atoms with van der Waals surface area (Å²) >= 11 is 0. The summed E-state index contributed by atoms with van der Waals surface area (Å²) in [6.07, 6.45) is -0.413. The predicted octanol–water partition coefficient (Wildman–Crippen LogP) is 6.04. The van der Waals surface area contributed by atoms with Crippen LogP contribution < -0.4 is 31.9 Å². The molecule has 0 bridgehead atoms. The van der Waals surface area contributed by atoms with E-state index < -0.39 is 65.8 Å². The molecule has 21 nitrogen and oxygen atoms in total. The molecule has 0 saturated heterocycles. The lowest BCUT2D eigenvalue weighted by Gasteiger charge is -2.23. The monoisotopic (exact) mass is 1120 g/mol. The van der Waals surface area contributed by atoms with E-state index in [1.165, 1.54) is 7.11 Å². The van der Waals surface area contributed by atoms with Gasteiger partial charge in [0.05, 0.1) is 45.5 Å². The number of carbonyl (C=O) groups excluding carboxylic acids is 10. The molecule has 0 radical (unpaired) electrons. The number of amides is 6. The van der Waals surface area contributed by atoms with Gasteiger partial charge >= 0.3 is 12.2 Å². The van der Waals surface area contributed by atoms with Gasteiger partial charge in [-0.25, -0.2) is 19.4 Å². The first-order valence-corrected chi connectivity index (χ1v) is 27.5. The van der Waals surface area contributed by atoms with Gasteiger partial charge in [0.25, 0.3) is 0 Å². The molecule has 0 fully saturated rings. The van der Waals surface area contributed by atoms with E-state index in [-0.39, 0.29) is 125 Å². The van der Waals surface area contributed by atoms with Crippen molar-refractivity contribution in [3.63, 3.8) is 0 Å². The molecule has 0 aliphatic heterocycles. The first-order chi connectivity index (χ1) is 38.0. The minimum Gasteiger partial charge on any atom is -0.447 e. The van der Waals surface area contributed by atoms with Gasteiger partial charge in [0.2, 0.25) is 23.6 Å². The maximum Gasteiger partial charge on any atom is 0.408 e. The average Bonchev–Trinajstić information content (AvgIpc) is 3.40. The zero-order valence-electron chi connectivity index (χ0n) is 48.4. The molecule has 2 aromatic carbocycles. The van der Waals surface area contributed by atoms with E-state index in [9.17, 15) is 47.9 Å². The van der Waals surface area contributed by atoms with Crippen LogP contribution in [0.15, 0.2) is 73.8 Å². The van der Waals surface area contributed by atoms with Crippen LogP contribution in [0.1, 0.15) is 124 Å². The first-order valence-electron chi connectivity index (χ1n) is 27.5. The van der Waals surface area contributed by atoms with E-state index in [0.717, 1.165) is 11.1 Å². The van der Waals surface area contributed by atoms with E-state index >= 15 is 0 Å². The molecule has 4 atom stereocenters. The van der Waals surface area contributed by atoms with Crippen molar-refractivity contribution in [3.8, 4) is 0 Å². The molecule has 21 heteroatoms. The van der Waals surface area contributed by atoms with Gasteiger partial charge in [-0.05, 0) is 82.3 Å². The Balaban J connectivity index is 0.0000158. The molecule has 0 saturated carbocycles. The highest BCUT2D eigenvalue weighted by Gasteiger charge is 2.30. The fraction of sp³-hybridized carbons (Fsp3) is 0.593. The predicted molar refractivity (Wildman–Crippen MR) is 302 cm³/mol. The Bertz CT molecular complexity index is 2200. The Hall–Kier alpha value is -6.84. The van der Waals surface area contributed by atoms with Crippen LogP contribution in [0.4, 0.5) is 9.59 Å². The van der Waals surface area contributed by atoms with Gasteiger partial charge in [0.1, 0.15) is 12.2 Å². The molecule has 0 aliphatic rings. The summed E-state index contributed by atoms with van der Waals surface area (Å²) in [5.74, 6) is -4.75. The van der Waals surface area contributed by atoms with Gasteiger partial charge in [0.15, 0.2) is 23.1 Å². The highest BCUT2D eigenvalue weighted by molar-refractivity contribution is 5.95. The van der Waals surface area contributed by atoms with E-state index in [0.29, 0.717) is 38.8 Å². The first kappa shape index (κ1) is 71.2. The Morgan fingerprint density at radius 3 is 1.38 bits per heavy atom. The van der Waals surface area contributed by atoms with Crippen LogP contribution in [0.5, 0.6) is 0 Å². The van der Waals surface area contributed by atoms with E-state index in [1.54, 1.807) is 20.8 Å². The fourth-order valence-corrected chi connectivity index (χ4v) is 7.92. The molecule has 6 N–H and O–H groups in total. The van der Waals surface area contributed by atoms with Crippen LogP contribution in [0, 0.1) is 23.7 Å². The smallest absolute Gasteiger partial charge is 0.408 e. The van der Waals surface area contributed by atoms with E-state index in [4.69, 9.17) is 19.1 Å². The zero-order valence-corrected chi connectivity index (χ0v) is 48.4. The average molecular weight is 1120 g/mol. The van der Waals surface area contributed by atoms with Crippen molar-refractivity contribution in [2.75, 3.05) is 59.7 Å². The molecule has 0 heterocycles. The Kier molecular flexibility index (Phi) is 36.7. The van der Waals surface area contributed by atoms with Gasteiger partial charge in [-0.15, -0.1) is 13.2 Å². The van der Waals surface area contributed by atoms with Crippen LogP contribution in [0.2, 0.25) is 0 Å². The third-order valence-corrected chi connectivity index (χ3v) is 11.7. The van der Waals surface area contributed by atoms with Crippen LogP contribution in [0.3, 0.4) is 0 Å². The lowest BCUT2D eigenvalue weighted by Crippen LogP contribution is -2.46. The second kappa shape index (κ2) is 41.2. The Labute approximate surface area is 472 Å². The maximum absolute atomic E-state index is 13.7. The van der Waals surface area contributed by atoms with Gasteiger partial charge in [-0.2, -0.15) is 0 Å². The summed E-state index contributed by atoms with van der Waals surface area (Å²) in [6, 6.07) is 16.5. The van der Waals surface area contributed by atoms with Crippen molar-refractivity contribution in [2.45, 2.75) is 143 Å². The van der Waals surface area contributed by atoms with E-state index in [2.05, 4.69) is 49.9 Å². The number of carbonyl (C=O) groups is 10. The number of ketones is 4. The molecule has 2 aromatic rings. The van der Waals surface area contributed by atoms with Crippen LogP contribution >= 0.6 is 0 Å². The molecule has 446 valence electrons. The summed E-state index contributed by atoms with van der Waals surface area (Å²) in [4.78, 5) is 139. The molecule has 4 unspecified atom stereocenters. The number of Topliss-reactive ketones (excluding diaryl/α,β-unsaturated/α-hetero) is 4. The SMILES string of the molecule is C=C.COOCCCNC(=O)CCC(=O)C(CC(C)C)NC(=O)C(CC(=O)CNC(=O)OCCOCCCNC(=O)CCC(=O)C(CC(C)C)NC(=O)C(CC(=O)CNC(=O)OC(C)(C)C)Cc1ccccc1)Cc1ccccc1. The molecule has 2 rings (SSSR count). The molecule has 0 spiro atoms. The molecule has 0 aliphatic carbocycles. The minimum absolute atomic E-state index is 0.0217. The summed E-state index contributed by atoms with van der Waals surface area (Å²) in [5.41, 5.74) is 0.859. The molecule has 0 aromatic heterocycles. The number of alkyl carbamates (subject to hydrolysis) is 2. The molecular weight excluding hydrogens is 1030 g/mol. The van der Waals surface area contributed by atoms with Gasteiger partial charge in [0, 0.05) is 70.1 Å². The van der Waals surface area contributed by atoms with Gasteiger partial charge < -0.3 is 46.1 Å². The highest BCUT2D eigenvalue weighted by Crippen LogP contribution is 2.19.